The van der Waals surface area contributed by atoms with Crippen molar-refractivity contribution >= 4 is 0 Å². The summed E-state index contributed by atoms with van der Waals surface area (Å²) in [4.78, 5) is 23.9. The Balaban J connectivity index is 1.01. The van der Waals surface area contributed by atoms with Gasteiger partial charge in [-0.3, -0.25) is 24.1 Å². The Morgan fingerprint density at radius 2 is 0.686 bits per heavy atom. The van der Waals surface area contributed by atoms with Gasteiger partial charge in [-0.05, 0) is 117 Å². The van der Waals surface area contributed by atoms with Crippen LogP contribution in [-0.4, -0.2) is 34.1 Å². The molecule has 0 saturated carbocycles. The maximum atomic E-state index is 5.04. The molecule has 12 rings (SSSR count). The van der Waals surface area contributed by atoms with E-state index in [4.69, 9.17) is 15.0 Å². The highest BCUT2D eigenvalue weighted by Gasteiger charge is 2.19. The zero-order chi connectivity index (χ0) is 46.6. The number of rotatable bonds is 11. The fraction of sp³-hybridized carbons (Fsp3) is 0. The summed E-state index contributed by atoms with van der Waals surface area (Å²) in [7, 11) is 0. The lowest BCUT2D eigenvalue weighted by Crippen LogP contribution is -2.01. The molecule has 0 amide bonds. The van der Waals surface area contributed by atoms with Crippen LogP contribution >= 0.6 is 0 Å². The molecule has 5 heterocycles. The number of benzene rings is 7. The minimum atomic E-state index is 0.812. The minimum Gasteiger partial charge on any atom is -0.300 e. The van der Waals surface area contributed by atoms with Crippen molar-refractivity contribution in [3.63, 3.8) is 0 Å². The third-order valence-corrected chi connectivity index (χ3v) is 12.8. The van der Waals surface area contributed by atoms with Gasteiger partial charge >= 0.3 is 0 Å². The molecule has 0 N–H and O–H groups in total. The standard InChI is InChI=1S/C63H43N7/c1-2-12-44(13-3-1)45-19-21-46(22-20-45)58-43-50(61-18-8-11-35-66-61)29-32-57(58)56-15-5-4-14-55(56)51-40-52(63-68-36-38-69(63)53-30-27-48(28-31-53)60-17-7-10-34-65-60)42-54(41-51)70-39-37-67-62(70)49-25-23-47(24-26-49)59-16-6-9-33-64-59/h1-43H. The summed E-state index contributed by atoms with van der Waals surface area (Å²) in [6.45, 7) is 0. The van der Waals surface area contributed by atoms with E-state index in [1.54, 1.807) is 0 Å². The molecule has 0 atom stereocenters. The monoisotopic (exact) mass is 897 g/mol. The van der Waals surface area contributed by atoms with Crippen LogP contribution in [-0.2, 0) is 0 Å². The molecule has 7 nitrogen and oxygen atoms in total. The largest absolute Gasteiger partial charge is 0.300 e. The molecule has 7 aromatic carbocycles. The Bertz CT molecular complexity index is 3580. The zero-order valence-electron chi connectivity index (χ0n) is 38.0. The molecule has 12 aromatic rings. The second-order valence-electron chi connectivity index (χ2n) is 17.0. The van der Waals surface area contributed by atoms with Crippen molar-refractivity contribution < 1.29 is 0 Å². The molecular weight excluding hydrogens is 855 g/mol. The van der Waals surface area contributed by atoms with E-state index >= 15 is 0 Å². The number of nitrogens with zero attached hydrogens (tertiary/aromatic N) is 7. The van der Waals surface area contributed by atoms with Crippen LogP contribution < -0.4 is 0 Å². The first-order valence-corrected chi connectivity index (χ1v) is 23.3. The van der Waals surface area contributed by atoms with Crippen molar-refractivity contribution in [2.24, 2.45) is 0 Å². The Labute approximate surface area is 406 Å². The lowest BCUT2D eigenvalue weighted by Gasteiger charge is -2.19. The Hall–Kier alpha value is -9.59. The van der Waals surface area contributed by atoms with Crippen LogP contribution in [0.5, 0.6) is 0 Å². The summed E-state index contributed by atoms with van der Waals surface area (Å²) >= 11 is 0. The van der Waals surface area contributed by atoms with Gasteiger partial charge in [0.25, 0.3) is 0 Å². The summed E-state index contributed by atoms with van der Waals surface area (Å²) < 4.78 is 4.32. The van der Waals surface area contributed by atoms with Gasteiger partial charge in [0.15, 0.2) is 0 Å². The minimum absolute atomic E-state index is 0.812. The molecule has 5 aromatic heterocycles. The molecule has 330 valence electrons. The number of aromatic nitrogens is 7. The smallest absolute Gasteiger partial charge is 0.144 e. The molecule has 0 aliphatic carbocycles. The normalized spacial score (nSPS) is 11.1. The first-order chi connectivity index (χ1) is 34.7. The Morgan fingerprint density at radius 3 is 1.31 bits per heavy atom. The van der Waals surface area contributed by atoms with Crippen LogP contribution in [0.1, 0.15) is 0 Å². The van der Waals surface area contributed by atoms with Crippen LogP contribution in [0.25, 0.3) is 112 Å². The quantitative estimate of drug-likeness (QED) is 0.129. The molecule has 0 bridgehead atoms. The molecule has 0 aliphatic heterocycles. The molecule has 0 radical (unpaired) electrons. The topological polar surface area (TPSA) is 74.3 Å². The molecular formula is C63H43N7. The summed E-state index contributed by atoms with van der Waals surface area (Å²) in [5, 5.41) is 0. The highest BCUT2D eigenvalue weighted by molar-refractivity contribution is 5.94. The lowest BCUT2D eigenvalue weighted by atomic mass is 9.87. The molecule has 0 spiro atoms. The predicted molar refractivity (Wildman–Crippen MR) is 283 cm³/mol. The van der Waals surface area contributed by atoms with Crippen molar-refractivity contribution in [1.82, 2.24) is 34.1 Å². The van der Waals surface area contributed by atoms with Crippen molar-refractivity contribution in [2.75, 3.05) is 0 Å². The highest BCUT2D eigenvalue weighted by atomic mass is 15.1. The average molecular weight is 898 g/mol. The van der Waals surface area contributed by atoms with Gasteiger partial charge in [0, 0.05) is 82.6 Å². The van der Waals surface area contributed by atoms with Crippen LogP contribution in [0.3, 0.4) is 0 Å². The van der Waals surface area contributed by atoms with Crippen molar-refractivity contribution in [1.29, 1.82) is 0 Å². The second kappa shape index (κ2) is 18.6. The van der Waals surface area contributed by atoms with E-state index in [1.165, 1.54) is 11.1 Å². The van der Waals surface area contributed by atoms with Crippen LogP contribution in [0.2, 0.25) is 0 Å². The van der Waals surface area contributed by atoms with Gasteiger partial charge < -0.3 is 0 Å². The van der Waals surface area contributed by atoms with Crippen molar-refractivity contribution in [3.05, 3.63) is 262 Å². The van der Waals surface area contributed by atoms with E-state index in [1.807, 2.05) is 91.9 Å². The van der Waals surface area contributed by atoms with E-state index < -0.39 is 0 Å². The van der Waals surface area contributed by atoms with Gasteiger partial charge in [-0.1, -0.05) is 146 Å². The van der Waals surface area contributed by atoms with E-state index in [9.17, 15) is 0 Å². The fourth-order valence-electron chi connectivity index (χ4n) is 9.29. The van der Waals surface area contributed by atoms with Gasteiger partial charge in [-0.2, -0.15) is 0 Å². The van der Waals surface area contributed by atoms with Gasteiger partial charge in [-0.25, -0.2) is 9.97 Å². The molecule has 7 heteroatoms. The molecule has 0 fully saturated rings. The first-order valence-electron chi connectivity index (χ1n) is 23.3. The SMILES string of the molecule is c1ccc(-c2ccc(-c3cc(-c4ccccn4)ccc3-c3ccccc3-c3cc(-c4nccn4-c4ccc(-c5ccccn5)cc4)cc(-n4ccnc4-c4ccc(-c5ccccn5)cc4)c3)cc2)cc1. The maximum absolute atomic E-state index is 5.04. The van der Waals surface area contributed by atoms with Gasteiger partial charge in [0.1, 0.15) is 11.6 Å². The van der Waals surface area contributed by atoms with Crippen LogP contribution in [0.15, 0.2) is 262 Å². The predicted octanol–water partition coefficient (Wildman–Crippen LogP) is 15.2. The highest BCUT2D eigenvalue weighted by Crippen LogP contribution is 2.42. The van der Waals surface area contributed by atoms with Crippen LogP contribution in [0.4, 0.5) is 0 Å². The van der Waals surface area contributed by atoms with Crippen molar-refractivity contribution in [2.45, 2.75) is 0 Å². The van der Waals surface area contributed by atoms with Gasteiger partial charge in [-0.15, -0.1) is 0 Å². The van der Waals surface area contributed by atoms with E-state index in [2.05, 4.69) is 189 Å². The van der Waals surface area contributed by atoms with E-state index in [0.717, 1.165) is 101 Å². The fourth-order valence-corrected chi connectivity index (χ4v) is 9.29. The maximum Gasteiger partial charge on any atom is 0.144 e. The number of imidazole rings is 2. The second-order valence-corrected chi connectivity index (χ2v) is 17.0. The lowest BCUT2D eigenvalue weighted by molar-refractivity contribution is 1.05. The summed E-state index contributed by atoms with van der Waals surface area (Å²) in [5.41, 5.74) is 18.7. The van der Waals surface area contributed by atoms with Crippen molar-refractivity contribution in [3.8, 4) is 112 Å². The van der Waals surface area contributed by atoms with E-state index in [-0.39, 0.29) is 0 Å². The molecule has 70 heavy (non-hydrogen) atoms. The zero-order valence-corrected chi connectivity index (χ0v) is 38.0. The third kappa shape index (κ3) is 8.29. The summed E-state index contributed by atoms with van der Waals surface area (Å²) in [6, 6.07) is 76.5. The molecule has 0 aliphatic rings. The molecule has 0 saturated heterocycles. The summed E-state index contributed by atoms with van der Waals surface area (Å²) in [5.74, 6) is 1.63. The number of pyridine rings is 3. The first kappa shape index (κ1) is 41.8. The van der Waals surface area contributed by atoms with Gasteiger partial charge in [0.05, 0.1) is 17.1 Å². The van der Waals surface area contributed by atoms with Gasteiger partial charge in [0.2, 0.25) is 0 Å². The molecule has 0 unspecified atom stereocenters. The Kier molecular flexibility index (Phi) is 11.1. The average Bonchev–Trinajstić information content (AvgIpc) is 4.16. The number of hydrogen-bond donors (Lipinski definition) is 0. The Morgan fingerprint density at radius 1 is 0.229 bits per heavy atom. The number of hydrogen-bond acceptors (Lipinski definition) is 5. The van der Waals surface area contributed by atoms with E-state index in [0.29, 0.717) is 0 Å². The summed E-state index contributed by atoms with van der Waals surface area (Å²) in [6.07, 6.45) is 13.3. The van der Waals surface area contributed by atoms with Crippen LogP contribution in [0, 0.1) is 0 Å². The third-order valence-electron chi connectivity index (χ3n) is 12.8.